The fourth-order valence-electron chi connectivity index (χ4n) is 4.18. The zero-order chi connectivity index (χ0) is 17.0. The number of aryl methyl sites for hydroxylation is 1. The van der Waals surface area contributed by atoms with E-state index < -0.39 is 17.7 Å². The minimum absolute atomic E-state index is 0.102. The maximum absolute atomic E-state index is 13.6. The van der Waals surface area contributed by atoms with Gasteiger partial charge in [0.05, 0.1) is 17.4 Å². The lowest BCUT2D eigenvalue weighted by atomic mass is 9.82. The van der Waals surface area contributed by atoms with Crippen molar-refractivity contribution in [2.75, 3.05) is 0 Å². The first-order valence-corrected chi connectivity index (χ1v) is 7.99. The van der Waals surface area contributed by atoms with Crippen molar-refractivity contribution in [1.29, 1.82) is 0 Å². The molecule has 0 aliphatic carbocycles. The number of rotatable bonds is 1. The molecule has 2 atom stereocenters. The van der Waals surface area contributed by atoms with E-state index in [1.54, 1.807) is 11.7 Å². The highest BCUT2D eigenvalue weighted by molar-refractivity contribution is 5.70. The molecule has 1 N–H and O–H groups in total. The van der Waals surface area contributed by atoms with Crippen LogP contribution in [0.2, 0.25) is 0 Å². The van der Waals surface area contributed by atoms with Gasteiger partial charge in [0.2, 0.25) is 0 Å². The van der Waals surface area contributed by atoms with Crippen molar-refractivity contribution in [3.05, 3.63) is 41.1 Å². The molecule has 0 unspecified atom stereocenters. The number of nitrogens with zero attached hydrogens (tertiary/aromatic N) is 3. The molecule has 1 amide bonds. The van der Waals surface area contributed by atoms with E-state index in [0.717, 1.165) is 36.6 Å². The van der Waals surface area contributed by atoms with Crippen molar-refractivity contribution in [3.8, 4) is 11.3 Å². The van der Waals surface area contributed by atoms with Crippen molar-refractivity contribution in [2.24, 2.45) is 7.05 Å². The maximum Gasteiger partial charge on any atom is 0.408 e. The summed E-state index contributed by atoms with van der Waals surface area (Å²) in [5, 5.41) is 14.0. The predicted molar refractivity (Wildman–Crippen MR) is 82.5 cm³/mol. The summed E-state index contributed by atoms with van der Waals surface area (Å²) in [7, 11) is 1.73. The van der Waals surface area contributed by atoms with Crippen LogP contribution < -0.4 is 0 Å². The van der Waals surface area contributed by atoms with Crippen LogP contribution in [0.1, 0.15) is 36.6 Å². The Morgan fingerprint density at radius 2 is 1.96 bits per heavy atom. The van der Waals surface area contributed by atoms with Crippen LogP contribution in [0.15, 0.2) is 18.2 Å². The van der Waals surface area contributed by atoms with Crippen molar-refractivity contribution in [3.63, 3.8) is 0 Å². The molecule has 2 aromatic rings. The van der Waals surface area contributed by atoms with E-state index in [9.17, 15) is 18.7 Å². The minimum Gasteiger partial charge on any atom is -0.465 e. The van der Waals surface area contributed by atoms with Gasteiger partial charge < -0.3 is 5.11 Å². The Kier molecular flexibility index (Phi) is 3.33. The van der Waals surface area contributed by atoms with E-state index in [1.165, 1.54) is 17.0 Å². The fourth-order valence-corrected chi connectivity index (χ4v) is 4.18. The van der Waals surface area contributed by atoms with Crippen molar-refractivity contribution in [1.82, 2.24) is 14.7 Å². The van der Waals surface area contributed by atoms with Crippen molar-refractivity contribution >= 4 is 6.09 Å². The SMILES string of the molecule is Cn1nc2c(c1-c1cc(F)cc(F)c1)C[C@H]1CCC[C@@H]2N1C(=O)O. The number of halogens is 2. The summed E-state index contributed by atoms with van der Waals surface area (Å²) in [6.45, 7) is 0. The Morgan fingerprint density at radius 1 is 1.25 bits per heavy atom. The van der Waals surface area contributed by atoms with Crippen LogP contribution in [0.25, 0.3) is 11.3 Å². The Balaban J connectivity index is 1.88. The van der Waals surface area contributed by atoms with Gasteiger partial charge in [0, 0.05) is 30.3 Å². The number of amides is 1. The average molecular weight is 333 g/mol. The molecule has 2 aliphatic heterocycles. The van der Waals surface area contributed by atoms with Crippen LogP contribution in [-0.2, 0) is 13.5 Å². The van der Waals surface area contributed by atoms with Gasteiger partial charge in [-0.15, -0.1) is 0 Å². The summed E-state index contributed by atoms with van der Waals surface area (Å²) in [5.74, 6) is -1.27. The highest BCUT2D eigenvalue weighted by Gasteiger charge is 2.43. The number of fused-ring (bicyclic) bond motifs is 4. The van der Waals surface area contributed by atoms with Crippen LogP contribution in [0.3, 0.4) is 0 Å². The van der Waals surface area contributed by atoms with Crippen molar-refractivity contribution in [2.45, 2.75) is 37.8 Å². The molecule has 126 valence electrons. The Hall–Kier alpha value is -2.44. The zero-order valence-corrected chi connectivity index (χ0v) is 13.2. The van der Waals surface area contributed by atoms with Crippen LogP contribution in [0, 0.1) is 11.6 Å². The zero-order valence-electron chi connectivity index (χ0n) is 13.2. The van der Waals surface area contributed by atoms with Crippen LogP contribution in [0.5, 0.6) is 0 Å². The average Bonchev–Trinajstić information content (AvgIpc) is 2.81. The Labute approximate surface area is 137 Å². The van der Waals surface area contributed by atoms with Crippen LogP contribution in [-0.4, -0.2) is 31.9 Å². The molecular formula is C17H17F2N3O2. The summed E-state index contributed by atoms with van der Waals surface area (Å²) in [5.41, 5.74) is 2.74. The maximum atomic E-state index is 13.6. The predicted octanol–water partition coefficient (Wildman–Crippen LogP) is 3.50. The lowest BCUT2D eigenvalue weighted by Gasteiger charge is -2.43. The highest BCUT2D eigenvalue weighted by Crippen LogP contribution is 2.44. The van der Waals surface area contributed by atoms with E-state index >= 15 is 0 Å². The molecular weight excluding hydrogens is 316 g/mol. The van der Waals surface area contributed by atoms with Gasteiger partial charge in [0.25, 0.3) is 0 Å². The number of carboxylic acid groups (broad SMARTS) is 1. The van der Waals surface area contributed by atoms with Gasteiger partial charge in [-0.25, -0.2) is 13.6 Å². The lowest BCUT2D eigenvalue weighted by molar-refractivity contribution is 0.0610. The minimum atomic E-state index is -0.931. The first-order valence-electron chi connectivity index (χ1n) is 7.99. The first kappa shape index (κ1) is 15.1. The molecule has 2 aliphatic rings. The monoisotopic (exact) mass is 333 g/mol. The van der Waals surface area contributed by atoms with Gasteiger partial charge >= 0.3 is 6.09 Å². The van der Waals surface area contributed by atoms with E-state index in [0.29, 0.717) is 17.7 Å². The van der Waals surface area contributed by atoms with Gasteiger partial charge in [0.15, 0.2) is 0 Å². The topological polar surface area (TPSA) is 58.4 Å². The molecule has 2 bridgehead atoms. The third-order valence-electron chi connectivity index (χ3n) is 5.03. The smallest absolute Gasteiger partial charge is 0.408 e. The largest absolute Gasteiger partial charge is 0.465 e. The van der Waals surface area contributed by atoms with Gasteiger partial charge in [-0.1, -0.05) is 0 Å². The second-order valence-electron chi connectivity index (χ2n) is 6.49. The molecule has 4 rings (SSSR count). The molecule has 1 aromatic heterocycles. The quantitative estimate of drug-likeness (QED) is 0.869. The normalized spacial score (nSPS) is 22.4. The standard InChI is InChI=1S/C17H17F2N3O2/c1-21-16(9-5-10(18)7-11(19)6-9)13-8-12-3-2-4-14(15(13)20-21)22(12)17(23)24/h5-7,12,14H,2-4,8H2,1H3,(H,23,24)/t12-,14+/m1/s1. The Morgan fingerprint density at radius 3 is 2.62 bits per heavy atom. The second kappa shape index (κ2) is 5.29. The van der Waals surface area contributed by atoms with E-state index in [-0.39, 0.29) is 12.1 Å². The fraction of sp³-hybridized carbons (Fsp3) is 0.412. The summed E-state index contributed by atoms with van der Waals surface area (Å²) in [6, 6.07) is 3.05. The number of hydrogen-bond acceptors (Lipinski definition) is 2. The van der Waals surface area contributed by atoms with E-state index in [4.69, 9.17) is 0 Å². The Bertz CT molecular complexity index is 813. The number of piperidine rings is 1. The van der Waals surface area contributed by atoms with Crippen molar-refractivity contribution < 1.29 is 18.7 Å². The second-order valence-corrected chi connectivity index (χ2v) is 6.49. The molecule has 1 saturated heterocycles. The molecule has 0 spiro atoms. The number of hydrogen-bond donors (Lipinski definition) is 1. The van der Waals surface area contributed by atoms with E-state index in [1.807, 2.05) is 0 Å². The summed E-state index contributed by atoms with van der Waals surface area (Å²) < 4.78 is 28.9. The summed E-state index contributed by atoms with van der Waals surface area (Å²) >= 11 is 0. The molecule has 24 heavy (non-hydrogen) atoms. The lowest BCUT2D eigenvalue weighted by Crippen LogP contribution is -2.49. The summed E-state index contributed by atoms with van der Waals surface area (Å²) in [6.07, 6.45) is 2.08. The summed E-state index contributed by atoms with van der Waals surface area (Å²) in [4.78, 5) is 13.1. The molecule has 7 heteroatoms. The van der Waals surface area contributed by atoms with Crippen LogP contribution in [0.4, 0.5) is 13.6 Å². The third-order valence-corrected chi connectivity index (χ3v) is 5.03. The molecule has 1 fully saturated rings. The number of aromatic nitrogens is 2. The molecule has 3 heterocycles. The van der Waals surface area contributed by atoms with E-state index in [2.05, 4.69) is 5.10 Å². The van der Waals surface area contributed by atoms with Gasteiger partial charge in [-0.3, -0.25) is 9.58 Å². The highest BCUT2D eigenvalue weighted by atomic mass is 19.1. The van der Waals surface area contributed by atoms with Gasteiger partial charge in [0.1, 0.15) is 11.6 Å². The van der Waals surface area contributed by atoms with Gasteiger partial charge in [-0.2, -0.15) is 5.10 Å². The molecule has 5 nitrogen and oxygen atoms in total. The van der Waals surface area contributed by atoms with Gasteiger partial charge in [-0.05, 0) is 37.8 Å². The number of carbonyl (C=O) groups is 1. The molecule has 0 radical (unpaired) electrons. The van der Waals surface area contributed by atoms with Crippen LogP contribution >= 0.6 is 0 Å². The number of benzene rings is 1. The third kappa shape index (κ3) is 2.18. The molecule has 0 saturated carbocycles. The first-order chi connectivity index (χ1) is 11.5. The molecule has 1 aromatic carbocycles.